The zero-order chi connectivity index (χ0) is 13.4. The zero-order valence-electron chi connectivity index (χ0n) is 11.7. The number of benzene rings is 1. The van der Waals surface area contributed by atoms with Crippen LogP contribution < -0.4 is 0 Å². The highest BCUT2D eigenvalue weighted by Gasteiger charge is 2.18. The highest BCUT2D eigenvalue weighted by atomic mass is 16.3. The van der Waals surface area contributed by atoms with Crippen molar-refractivity contribution in [3.05, 3.63) is 51.8 Å². The average Bonchev–Trinajstić information content (AvgIpc) is 2.62. The molecule has 0 amide bonds. The first-order valence-corrected chi connectivity index (χ1v) is 6.16. The second kappa shape index (κ2) is 4.58. The van der Waals surface area contributed by atoms with E-state index in [1.807, 2.05) is 27.1 Å². The molecule has 0 bridgehead atoms. The van der Waals surface area contributed by atoms with Crippen LogP contribution in [0.2, 0.25) is 0 Å². The Morgan fingerprint density at radius 2 is 1.61 bits per heavy atom. The van der Waals surface area contributed by atoms with Crippen LogP contribution in [0.3, 0.4) is 0 Å². The number of aliphatic hydroxyl groups is 1. The van der Waals surface area contributed by atoms with Crippen molar-refractivity contribution in [3.63, 3.8) is 0 Å². The van der Waals surface area contributed by atoms with E-state index in [2.05, 4.69) is 31.1 Å². The summed E-state index contributed by atoms with van der Waals surface area (Å²) in [6.45, 7) is 8.13. The second-order valence-corrected chi connectivity index (χ2v) is 5.04. The third-order valence-corrected chi connectivity index (χ3v) is 3.52. The van der Waals surface area contributed by atoms with E-state index < -0.39 is 6.10 Å². The Morgan fingerprint density at radius 1 is 1.00 bits per heavy atom. The third kappa shape index (κ3) is 2.18. The maximum atomic E-state index is 10.5. The van der Waals surface area contributed by atoms with Gasteiger partial charge in [-0.1, -0.05) is 12.1 Å². The number of rotatable bonds is 2. The molecule has 3 heteroatoms. The largest absolute Gasteiger partial charge is 0.384 e. The molecule has 0 aliphatic rings. The van der Waals surface area contributed by atoms with Gasteiger partial charge in [0.05, 0.1) is 5.69 Å². The molecule has 1 atom stereocenters. The van der Waals surface area contributed by atoms with Crippen molar-refractivity contribution >= 4 is 0 Å². The van der Waals surface area contributed by atoms with Crippen molar-refractivity contribution in [1.29, 1.82) is 0 Å². The Hall–Kier alpha value is -1.61. The molecule has 0 radical (unpaired) electrons. The lowest BCUT2D eigenvalue weighted by molar-refractivity contribution is 0.218. The molecule has 1 heterocycles. The van der Waals surface area contributed by atoms with Crippen LogP contribution in [0.15, 0.2) is 18.3 Å². The van der Waals surface area contributed by atoms with Crippen molar-refractivity contribution < 1.29 is 5.11 Å². The first-order chi connectivity index (χ1) is 8.40. The maximum Gasteiger partial charge on any atom is 0.108 e. The maximum absolute atomic E-state index is 10.5. The van der Waals surface area contributed by atoms with Gasteiger partial charge in [-0.05, 0) is 49.9 Å². The summed E-state index contributed by atoms with van der Waals surface area (Å²) < 4.78 is 1.74. The third-order valence-electron chi connectivity index (χ3n) is 3.52. The molecule has 0 fully saturated rings. The van der Waals surface area contributed by atoms with Gasteiger partial charge in [-0.15, -0.1) is 0 Å². The first-order valence-electron chi connectivity index (χ1n) is 6.16. The van der Waals surface area contributed by atoms with E-state index in [4.69, 9.17) is 0 Å². The number of hydrogen-bond acceptors (Lipinski definition) is 2. The van der Waals surface area contributed by atoms with Gasteiger partial charge < -0.3 is 5.11 Å². The molecule has 1 N–H and O–H groups in total. The lowest BCUT2D eigenvalue weighted by Gasteiger charge is -2.15. The van der Waals surface area contributed by atoms with E-state index in [0.29, 0.717) is 0 Å². The standard InChI is InChI=1S/C15H20N2O/c1-9-6-11(3)13(7-10(9)2)15(18)14-8-17(5)16-12(14)4/h6-8,15,18H,1-5H3. The van der Waals surface area contributed by atoms with Crippen molar-refractivity contribution in [1.82, 2.24) is 9.78 Å². The Labute approximate surface area is 108 Å². The van der Waals surface area contributed by atoms with Gasteiger partial charge in [0, 0.05) is 18.8 Å². The Kier molecular flexibility index (Phi) is 3.26. The van der Waals surface area contributed by atoms with Crippen LogP contribution in [0.4, 0.5) is 0 Å². The molecular weight excluding hydrogens is 224 g/mol. The molecular formula is C15H20N2O. The fraction of sp³-hybridized carbons (Fsp3) is 0.400. The molecule has 0 aliphatic carbocycles. The minimum absolute atomic E-state index is 0.599. The SMILES string of the molecule is Cc1cc(C)c(C(O)c2cn(C)nc2C)cc1C. The molecule has 0 saturated heterocycles. The van der Waals surface area contributed by atoms with Gasteiger partial charge in [-0.2, -0.15) is 5.10 Å². The van der Waals surface area contributed by atoms with E-state index in [0.717, 1.165) is 22.4 Å². The highest BCUT2D eigenvalue weighted by Crippen LogP contribution is 2.28. The lowest BCUT2D eigenvalue weighted by Crippen LogP contribution is -2.04. The summed E-state index contributed by atoms with van der Waals surface area (Å²) >= 11 is 0. The van der Waals surface area contributed by atoms with Crippen molar-refractivity contribution in [2.24, 2.45) is 7.05 Å². The van der Waals surface area contributed by atoms with Gasteiger partial charge in [0.15, 0.2) is 0 Å². The van der Waals surface area contributed by atoms with Crippen LogP contribution in [0, 0.1) is 27.7 Å². The quantitative estimate of drug-likeness (QED) is 0.882. The fourth-order valence-electron chi connectivity index (χ4n) is 2.33. The van der Waals surface area contributed by atoms with Crippen LogP contribution in [-0.4, -0.2) is 14.9 Å². The normalized spacial score (nSPS) is 12.8. The van der Waals surface area contributed by atoms with Crippen LogP contribution in [-0.2, 0) is 7.05 Å². The van der Waals surface area contributed by atoms with E-state index in [9.17, 15) is 5.11 Å². The summed E-state index contributed by atoms with van der Waals surface area (Å²) in [5.41, 5.74) is 6.30. The summed E-state index contributed by atoms with van der Waals surface area (Å²) in [5.74, 6) is 0. The Morgan fingerprint density at radius 3 is 2.17 bits per heavy atom. The fourth-order valence-corrected chi connectivity index (χ4v) is 2.33. The smallest absolute Gasteiger partial charge is 0.108 e. The summed E-state index contributed by atoms with van der Waals surface area (Å²) in [7, 11) is 1.87. The summed E-state index contributed by atoms with van der Waals surface area (Å²) in [6, 6.07) is 4.20. The van der Waals surface area contributed by atoms with E-state index in [1.165, 1.54) is 11.1 Å². The molecule has 1 unspecified atom stereocenters. The van der Waals surface area contributed by atoms with Crippen LogP contribution >= 0.6 is 0 Å². The number of aryl methyl sites for hydroxylation is 5. The number of aromatic nitrogens is 2. The highest BCUT2D eigenvalue weighted by molar-refractivity contribution is 5.41. The number of aliphatic hydroxyl groups excluding tert-OH is 1. The minimum Gasteiger partial charge on any atom is -0.384 e. The van der Waals surface area contributed by atoms with Gasteiger partial charge in [0.25, 0.3) is 0 Å². The van der Waals surface area contributed by atoms with E-state index in [1.54, 1.807) is 4.68 Å². The van der Waals surface area contributed by atoms with Crippen LogP contribution in [0.1, 0.15) is 39.6 Å². The molecule has 0 saturated carbocycles. The molecule has 3 nitrogen and oxygen atoms in total. The molecule has 0 spiro atoms. The minimum atomic E-state index is -0.599. The predicted octanol–water partition coefficient (Wildman–Crippen LogP) is 2.74. The molecule has 96 valence electrons. The Bertz CT molecular complexity index is 584. The molecule has 18 heavy (non-hydrogen) atoms. The van der Waals surface area contributed by atoms with Crippen molar-refractivity contribution in [3.8, 4) is 0 Å². The summed E-state index contributed by atoms with van der Waals surface area (Å²) in [5, 5.41) is 14.8. The van der Waals surface area contributed by atoms with E-state index >= 15 is 0 Å². The summed E-state index contributed by atoms with van der Waals surface area (Å²) in [4.78, 5) is 0. The predicted molar refractivity (Wildman–Crippen MR) is 72.7 cm³/mol. The average molecular weight is 244 g/mol. The molecule has 2 rings (SSSR count). The van der Waals surface area contributed by atoms with Crippen molar-refractivity contribution in [2.75, 3.05) is 0 Å². The monoisotopic (exact) mass is 244 g/mol. The first kappa shape index (κ1) is 12.8. The summed E-state index contributed by atoms with van der Waals surface area (Å²) in [6.07, 6.45) is 1.28. The van der Waals surface area contributed by atoms with Gasteiger partial charge >= 0.3 is 0 Å². The van der Waals surface area contributed by atoms with Gasteiger partial charge in [-0.3, -0.25) is 4.68 Å². The molecule has 2 aromatic rings. The van der Waals surface area contributed by atoms with Gasteiger partial charge in [-0.25, -0.2) is 0 Å². The lowest BCUT2D eigenvalue weighted by atomic mass is 9.94. The van der Waals surface area contributed by atoms with E-state index in [-0.39, 0.29) is 0 Å². The van der Waals surface area contributed by atoms with Crippen LogP contribution in [0.5, 0.6) is 0 Å². The molecule has 0 aliphatic heterocycles. The zero-order valence-corrected chi connectivity index (χ0v) is 11.7. The van der Waals surface area contributed by atoms with Crippen LogP contribution in [0.25, 0.3) is 0 Å². The number of hydrogen-bond donors (Lipinski definition) is 1. The Balaban J connectivity index is 2.49. The molecule has 1 aromatic heterocycles. The van der Waals surface area contributed by atoms with Crippen molar-refractivity contribution in [2.45, 2.75) is 33.8 Å². The second-order valence-electron chi connectivity index (χ2n) is 5.04. The topological polar surface area (TPSA) is 38.0 Å². The van der Waals surface area contributed by atoms with Gasteiger partial charge in [0.2, 0.25) is 0 Å². The number of nitrogens with zero attached hydrogens (tertiary/aromatic N) is 2. The molecule has 1 aromatic carbocycles. The van der Waals surface area contributed by atoms with Gasteiger partial charge in [0.1, 0.15) is 6.10 Å².